The molecule has 0 unspecified atom stereocenters. The van der Waals surface area contributed by atoms with Gasteiger partial charge in [0.25, 0.3) is 0 Å². The summed E-state index contributed by atoms with van der Waals surface area (Å²) < 4.78 is 0. The lowest BCUT2D eigenvalue weighted by atomic mass is 10.1. The molecule has 1 rings (SSSR count). The molecular weight excluding hydrogens is 166 g/mol. The zero-order chi connectivity index (χ0) is 9.84. The molecule has 0 radical (unpaired) electrons. The number of hydrogen-bond acceptors (Lipinski definition) is 2. The summed E-state index contributed by atoms with van der Waals surface area (Å²) in [5.74, 6) is -0.986. The van der Waals surface area contributed by atoms with Crippen LogP contribution in [0.1, 0.15) is 15.9 Å². The number of rotatable bonds is 3. The first kappa shape index (κ1) is 9.19. The first-order chi connectivity index (χ1) is 6.16. The summed E-state index contributed by atoms with van der Waals surface area (Å²) in [5, 5.41) is 8.81. The molecule has 0 fully saturated rings. The molecule has 0 amide bonds. The Hall–Kier alpha value is -1.90. The Labute approximate surface area is 76.1 Å². The summed E-state index contributed by atoms with van der Waals surface area (Å²) in [7, 11) is 0. The zero-order valence-corrected chi connectivity index (χ0v) is 7.03. The Morgan fingerprint density at radius 3 is 2.31 bits per heavy atom. The van der Waals surface area contributed by atoms with Crippen LogP contribution in [0.2, 0.25) is 0 Å². The van der Waals surface area contributed by atoms with E-state index in [4.69, 9.17) is 5.11 Å². The van der Waals surface area contributed by atoms with E-state index in [-0.39, 0.29) is 5.56 Å². The summed E-state index contributed by atoms with van der Waals surface area (Å²) in [5.41, 5.74) is 1.07. The average molecular weight is 175 g/mol. The molecule has 0 saturated carbocycles. The Balaban J connectivity index is 3.27. The van der Waals surface area contributed by atoms with Crippen molar-refractivity contribution in [1.82, 2.24) is 0 Å². The van der Waals surface area contributed by atoms with Crippen molar-refractivity contribution < 1.29 is 9.90 Å². The van der Waals surface area contributed by atoms with Gasteiger partial charge in [0.15, 0.2) is 0 Å². The standard InChI is InChI=1S/C10H9NO2/c1-7(11-2)8-5-3-4-6-9(8)10(12)13/h3-6H,1-2H2,(H,12,13). The zero-order valence-electron chi connectivity index (χ0n) is 7.03. The highest BCUT2D eigenvalue weighted by molar-refractivity contribution is 5.94. The van der Waals surface area contributed by atoms with E-state index < -0.39 is 5.97 Å². The van der Waals surface area contributed by atoms with E-state index in [1.54, 1.807) is 18.2 Å². The fraction of sp³-hybridized carbons (Fsp3) is 0. The van der Waals surface area contributed by atoms with Gasteiger partial charge in [-0.3, -0.25) is 4.99 Å². The number of benzene rings is 1. The molecule has 0 spiro atoms. The normalized spacial score (nSPS) is 9.23. The second kappa shape index (κ2) is 3.67. The molecule has 13 heavy (non-hydrogen) atoms. The predicted molar refractivity (Wildman–Crippen MR) is 52.0 cm³/mol. The van der Waals surface area contributed by atoms with Gasteiger partial charge in [-0.25, -0.2) is 4.79 Å². The number of aliphatic imine (C=N–C) groups is 1. The van der Waals surface area contributed by atoms with Gasteiger partial charge in [0, 0.05) is 5.56 Å². The first-order valence-corrected chi connectivity index (χ1v) is 3.65. The van der Waals surface area contributed by atoms with E-state index >= 15 is 0 Å². The molecule has 66 valence electrons. The lowest BCUT2D eigenvalue weighted by molar-refractivity contribution is 0.0696. The van der Waals surface area contributed by atoms with Crippen LogP contribution in [0.15, 0.2) is 35.8 Å². The number of hydrogen-bond donors (Lipinski definition) is 1. The van der Waals surface area contributed by atoms with Crippen molar-refractivity contribution in [3.8, 4) is 0 Å². The van der Waals surface area contributed by atoms with E-state index in [0.717, 1.165) is 0 Å². The van der Waals surface area contributed by atoms with E-state index in [2.05, 4.69) is 18.3 Å². The second-order valence-corrected chi connectivity index (χ2v) is 2.46. The van der Waals surface area contributed by atoms with Gasteiger partial charge in [-0.05, 0) is 12.8 Å². The summed E-state index contributed by atoms with van der Waals surface area (Å²) in [6.45, 7) is 6.89. The van der Waals surface area contributed by atoms with Crippen LogP contribution in [0.4, 0.5) is 0 Å². The Morgan fingerprint density at radius 2 is 1.85 bits per heavy atom. The molecule has 0 atom stereocenters. The summed E-state index contributed by atoms with van der Waals surface area (Å²) in [6, 6.07) is 6.55. The van der Waals surface area contributed by atoms with Gasteiger partial charge in [0.05, 0.1) is 11.3 Å². The highest BCUT2D eigenvalue weighted by Crippen LogP contribution is 2.17. The summed E-state index contributed by atoms with van der Waals surface area (Å²) in [4.78, 5) is 14.3. The third kappa shape index (κ3) is 1.82. The minimum absolute atomic E-state index is 0.194. The quantitative estimate of drug-likeness (QED) is 0.715. The van der Waals surface area contributed by atoms with Gasteiger partial charge in [0.1, 0.15) is 0 Å². The highest BCUT2D eigenvalue weighted by atomic mass is 16.4. The van der Waals surface area contributed by atoms with Crippen LogP contribution in [0.3, 0.4) is 0 Å². The van der Waals surface area contributed by atoms with E-state index in [0.29, 0.717) is 11.3 Å². The number of aromatic carboxylic acids is 1. The van der Waals surface area contributed by atoms with Crippen molar-refractivity contribution in [2.24, 2.45) is 4.99 Å². The third-order valence-corrected chi connectivity index (χ3v) is 1.66. The van der Waals surface area contributed by atoms with Crippen molar-refractivity contribution >= 4 is 18.4 Å². The molecule has 0 aliphatic heterocycles. The molecule has 3 heteroatoms. The largest absolute Gasteiger partial charge is 0.478 e. The van der Waals surface area contributed by atoms with Crippen LogP contribution < -0.4 is 0 Å². The van der Waals surface area contributed by atoms with Gasteiger partial charge in [0.2, 0.25) is 0 Å². The van der Waals surface area contributed by atoms with Crippen LogP contribution in [0, 0.1) is 0 Å². The van der Waals surface area contributed by atoms with E-state index in [1.165, 1.54) is 6.07 Å². The Bertz CT molecular complexity index is 369. The molecule has 1 N–H and O–H groups in total. The molecule has 0 bridgehead atoms. The highest BCUT2D eigenvalue weighted by Gasteiger charge is 2.09. The lowest BCUT2D eigenvalue weighted by Gasteiger charge is -2.03. The number of carboxylic acids is 1. The maximum atomic E-state index is 10.7. The lowest BCUT2D eigenvalue weighted by Crippen LogP contribution is -2.00. The van der Waals surface area contributed by atoms with Crippen LogP contribution in [-0.2, 0) is 0 Å². The van der Waals surface area contributed by atoms with Gasteiger partial charge in [-0.1, -0.05) is 24.8 Å². The number of carbonyl (C=O) groups is 1. The molecular formula is C10H9NO2. The monoisotopic (exact) mass is 175 g/mol. The summed E-state index contributed by atoms with van der Waals surface area (Å²) >= 11 is 0. The van der Waals surface area contributed by atoms with Gasteiger partial charge in [-0.15, -0.1) is 0 Å². The van der Waals surface area contributed by atoms with Crippen molar-refractivity contribution in [1.29, 1.82) is 0 Å². The van der Waals surface area contributed by atoms with Crippen LogP contribution in [0.5, 0.6) is 0 Å². The van der Waals surface area contributed by atoms with Crippen LogP contribution in [-0.4, -0.2) is 17.8 Å². The SMILES string of the molecule is C=NC(=C)c1ccccc1C(=O)O. The number of carboxylic acid groups (broad SMARTS) is 1. The minimum atomic E-state index is -0.986. The Kier molecular flexibility index (Phi) is 2.59. The van der Waals surface area contributed by atoms with Gasteiger partial charge < -0.3 is 5.11 Å². The second-order valence-electron chi connectivity index (χ2n) is 2.46. The predicted octanol–water partition coefficient (Wildman–Crippen LogP) is 2.06. The van der Waals surface area contributed by atoms with Crippen LogP contribution in [0.25, 0.3) is 5.70 Å². The van der Waals surface area contributed by atoms with Crippen molar-refractivity contribution in [3.63, 3.8) is 0 Å². The molecule has 0 aliphatic rings. The fourth-order valence-corrected chi connectivity index (χ4v) is 1.01. The molecule has 0 heterocycles. The van der Waals surface area contributed by atoms with Crippen molar-refractivity contribution in [2.75, 3.05) is 0 Å². The minimum Gasteiger partial charge on any atom is -0.478 e. The average Bonchev–Trinajstić information content (AvgIpc) is 2.16. The maximum absolute atomic E-state index is 10.7. The van der Waals surface area contributed by atoms with Crippen molar-refractivity contribution in [2.45, 2.75) is 0 Å². The molecule has 0 saturated heterocycles. The Morgan fingerprint density at radius 1 is 1.31 bits per heavy atom. The molecule has 1 aromatic carbocycles. The van der Waals surface area contributed by atoms with E-state index in [9.17, 15) is 4.79 Å². The summed E-state index contributed by atoms with van der Waals surface area (Å²) in [6.07, 6.45) is 0. The third-order valence-electron chi connectivity index (χ3n) is 1.66. The van der Waals surface area contributed by atoms with Crippen molar-refractivity contribution in [3.05, 3.63) is 42.0 Å². The fourth-order valence-electron chi connectivity index (χ4n) is 1.01. The topological polar surface area (TPSA) is 49.7 Å². The number of nitrogens with zero attached hydrogens (tertiary/aromatic N) is 1. The maximum Gasteiger partial charge on any atom is 0.336 e. The molecule has 3 nitrogen and oxygen atoms in total. The van der Waals surface area contributed by atoms with Gasteiger partial charge in [-0.2, -0.15) is 0 Å². The van der Waals surface area contributed by atoms with E-state index in [1.807, 2.05) is 0 Å². The van der Waals surface area contributed by atoms with Crippen LogP contribution >= 0.6 is 0 Å². The molecule has 0 aromatic heterocycles. The smallest absolute Gasteiger partial charge is 0.336 e. The molecule has 1 aromatic rings. The molecule has 0 aliphatic carbocycles. The van der Waals surface area contributed by atoms with Gasteiger partial charge >= 0.3 is 5.97 Å². The first-order valence-electron chi connectivity index (χ1n) is 3.65.